The molecule has 4 heteroatoms. The Morgan fingerprint density at radius 1 is 1.36 bits per heavy atom. The molecule has 1 aromatic rings. The van der Waals surface area contributed by atoms with E-state index in [1.165, 1.54) is 0 Å². The van der Waals surface area contributed by atoms with Crippen molar-refractivity contribution in [1.82, 2.24) is 0 Å². The van der Waals surface area contributed by atoms with Crippen molar-refractivity contribution in [3.63, 3.8) is 0 Å². The topological polar surface area (TPSA) is 46.3 Å². The van der Waals surface area contributed by atoms with E-state index in [0.717, 1.165) is 5.69 Å². The van der Waals surface area contributed by atoms with Crippen molar-refractivity contribution >= 4 is 23.2 Å². The molecule has 0 aromatic heterocycles. The number of anilines is 1. The molecule has 0 bridgehead atoms. The zero-order valence-electron chi connectivity index (χ0n) is 7.77. The largest absolute Gasteiger partial charge is 0.318 e. The molecule has 0 spiro atoms. The van der Waals surface area contributed by atoms with Crippen LogP contribution in [0.1, 0.15) is 6.92 Å². The summed E-state index contributed by atoms with van der Waals surface area (Å²) in [5.41, 5.74) is 6.46. The Hall–Kier alpha value is -1.06. The number of nitrogens with zero attached hydrogens (tertiary/aromatic N) is 1. The first-order valence-electron chi connectivity index (χ1n) is 4.45. The number of rotatable bonds is 1. The average Bonchev–Trinajstić information content (AvgIpc) is 2.21. The summed E-state index contributed by atoms with van der Waals surface area (Å²) >= 11 is 5.75. The van der Waals surface area contributed by atoms with E-state index in [2.05, 4.69) is 0 Å². The molecule has 2 atom stereocenters. The Morgan fingerprint density at radius 2 is 1.93 bits per heavy atom. The molecule has 1 saturated heterocycles. The van der Waals surface area contributed by atoms with Crippen LogP contribution in [0.2, 0.25) is 5.02 Å². The van der Waals surface area contributed by atoms with Crippen LogP contribution < -0.4 is 10.6 Å². The maximum absolute atomic E-state index is 11.4. The predicted molar refractivity (Wildman–Crippen MR) is 56.4 cm³/mol. The van der Waals surface area contributed by atoms with Crippen LogP contribution in [-0.4, -0.2) is 18.0 Å². The molecule has 1 aromatic carbocycles. The Labute approximate surface area is 87.4 Å². The Bertz CT molecular complexity index is 363. The molecule has 14 heavy (non-hydrogen) atoms. The minimum atomic E-state index is -0.356. The van der Waals surface area contributed by atoms with Gasteiger partial charge >= 0.3 is 0 Å². The summed E-state index contributed by atoms with van der Waals surface area (Å²) in [5.74, 6) is -0.0279. The molecule has 74 valence electrons. The van der Waals surface area contributed by atoms with Crippen LogP contribution in [0.25, 0.3) is 0 Å². The Kier molecular flexibility index (Phi) is 2.21. The normalized spacial score (nSPS) is 26.2. The molecule has 1 amide bonds. The highest BCUT2D eigenvalue weighted by Crippen LogP contribution is 2.27. The maximum atomic E-state index is 11.4. The van der Waals surface area contributed by atoms with Crippen molar-refractivity contribution < 1.29 is 4.79 Å². The van der Waals surface area contributed by atoms with Gasteiger partial charge in [-0.15, -0.1) is 0 Å². The molecule has 0 saturated carbocycles. The molecule has 1 fully saturated rings. The first-order valence-corrected chi connectivity index (χ1v) is 4.83. The Morgan fingerprint density at radius 3 is 2.43 bits per heavy atom. The van der Waals surface area contributed by atoms with Crippen LogP contribution in [0, 0.1) is 0 Å². The van der Waals surface area contributed by atoms with Gasteiger partial charge < -0.3 is 10.6 Å². The fourth-order valence-electron chi connectivity index (χ4n) is 1.61. The lowest BCUT2D eigenvalue weighted by atomic mass is 9.97. The molecule has 1 aliphatic rings. The monoisotopic (exact) mass is 210 g/mol. The summed E-state index contributed by atoms with van der Waals surface area (Å²) in [6, 6.07) is 6.89. The van der Waals surface area contributed by atoms with Gasteiger partial charge in [0, 0.05) is 10.7 Å². The summed E-state index contributed by atoms with van der Waals surface area (Å²) in [6.07, 6.45) is 0. The van der Waals surface area contributed by atoms with Crippen LogP contribution in [-0.2, 0) is 4.79 Å². The first-order chi connectivity index (χ1) is 6.61. The number of carbonyl (C=O) groups is 1. The predicted octanol–water partition coefficient (Wildman–Crippen LogP) is 1.40. The molecule has 1 aliphatic heterocycles. The van der Waals surface area contributed by atoms with E-state index in [1.54, 1.807) is 17.0 Å². The lowest BCUT2D eigenvalue weighted by Gasteiger charge is -2.43. The molecule has 2 rings (SSSR count). The number of benzene rings is 1. The van der Waals surface area contributed by atoms with Gasteiger partial charge in [0.2, 0.25) is 5.91 Å². The van der Waals surface area contributed by atoms with E-state index in [-0.39, 0.29) is 18.0 Å². The zero-order valence-corrected chi connectivity index (χ0v) is 8.53. The number of hydrogen-bond acceptors (Lipinski definition) is 2. The van der Waals surface area contributed by atoms with Crippen molar-refractivity contribution in [1.29, 1.82) is 0 Å². The van der Waals surface area contributed by atoms with Crippen LogP contribution >= 0.6 is 11.6 Å². The smallest absolute Gasteiger partial charge is 0.246 e. The number of β-lactam (4-membered cyclic amide) rings is 1. The highest BCUT2D eigenvalue weighted by Gasteiger charge is 2.42. The molecule has 0 aliphatic carbocycles. The summed E-state index contributed by atoms with van der Waals surface area (Å²) in [7, 11) is 0. The first kappa shape index (κ1) is 9.49. The van der Waals surface area contributed by atoms with E-state index in [1.807, 2.05) is 19.1 Å². The second-order valence-corrected chi connectivity index (χ2v) is 3.89. The third-order valence-electron chi connectivity index (χ3n) is 2.55. The second kappa shape index (κ2) is 3.26. The number of hydrogen-bond donors (Lipinski definition) is 1. The lowest BCUT2D eigenvalue weighted by molar-refractivity contribution is -0.125. The summed E-state index contributed by atoms with van der Waals surface area (Å²) in [6.45, 7) is 1.93. The van der Waals surface area contributed by atoms with Gasteiger partial charge in [-0.25, -0.2) is 0 Å². The molecule has 3 nitrogen and oxygen atoms in total. The van der Waals surface area contributed by atoms with E-state index in [9.17, 15) is 4.79 Å². The van der Waals surface area contributed by atoms with Crippen molar-refractivity contribution in [2.45, 2.75) is 19.0 Å². The van der Waals surface area contributed by atoms with Crippen LogP contribution in [0.3, 0.4) is 0 Å². The Balaban J connectivity index is 2.25. The van der Waals surface area contributed by atoms with Gasteiger partial charge in [-0.2, -0.15) is 0 Å². The molecular formula is C10H11ClN2O. The lowest BCUT2D eigenvalue weighted by Crippen LogP contribution is -2.67. The quantitative estimate of drug-likeness (QED) is 0.713. The highest BCUT2D eigenvalue weighted by molar-refractivity contribution is 6.30. The summed E-state index contributed by atoms with van der Waals surface area (Å²) in [4.78, 5) is 13.1. The van der Waals surface area contributed by atoms with Gasteiger partial charge in [-0.1, -0.05) is 11.6 Å². The van der Waals surface area contributed by atoms with Crippen molar-refractivity contribution in [3.05, 3.63) is 29.3 Å². The third kappa shape index (κ3) is 1.29. The summed E-state index contributed by atoms with van der Waals surface area (Å²) < 4.78 is 0. The minimum absolute atomic E-state index is 0.0279. The zero-order chi connectivity index (χ0) is 10.3. The van der Waals surface area contributed by atoms with Crippen LogP contribution in [0.4, 0.5) is 5.69 Å². The fourth-order valence-corrected chi connectivity index (χ4v) is 1.74. The van der Waals surface area contributed by atoms with Crippen LogP contribution in [0.5, 0.6) is 0 Å². The highest BCUT2D eigenvalue weighted by atomic mass is 35.5. The third-order valence-corrected chi connectivity index (χ3v) is 2.81. The molecule has 0 unspecified atom stereocenters. The van der Waals surface area contributed by atoms with Crippen molar-refractivity contribution in [2.75, 3.05) is 4.90 Å². The molecular weight excluding hydrogens is 200 g/mol. The van der Waals surface area contributed by atoms with Gasteiger partial charge in [-0.3, -0.25) is 4.79 Å². The van der Waals surface area contributed by atoms with Gasteiger partial charge in [0.1, 0.15) is 6.04 Å². The number of nitrogens with two attached hydrogens (primary N) is 1. The van der Waals surface area contributed by atoms with E-state index in [0.29, 0.717) is 5.02 Å². The average molecular weight is 211 g/mol. The van der Waals surface area contributed by atoms with E-state index >= 15 is 0 Å². The van der Waals surface area contributed by atoms with E-state index < -0.39 is 0 Å². The van der Waals surface area contributed by atoms with Crippen molar-refractivity contribution in [2.24, 2.45) is 5.73 Å². The number of amides is 1. The van der Waals surface area contributed by atoms with Gasteiger partial charge in [-0.05, 0) is 31.2 Å². The van der Waals surface area contributed by atoms with E-state index in [4.69, 9.17) is 17.3 Å². The minimum Gasteiger partial charge on any atom is -0.318 e. The van der Waals surface area contributed by atoms with Gasteiger partial charge in [0.15, 0.2) is 0 Å². The summed E-state index contributed by atoms with van der Waals surface area (Å²) in [5, 5.41) is 0.665. The number of carbonyl (C=O) groups excluding carboxylic acids is 1. The fraction of sp³-hybridized carbons (Fsp3) is 0.300. The second-order valence-electron chi connectivity index (χ2n) is 3.45. The van der Waals surface area contributed by atoms with Crippen LogP contribution in [0.15, 0.2) is 24.3 Å². The van der Waals surface area contributed by atoms with Gasteiger partial charge in [0.25, 0.3) is 0 Å². The number of halogens is 1. The van der Waals surface area contributed by atoms with Crippen molar-refractivity contribution in [3.8, 4) is 0 Å². The maximum Gasteiger partial charge on any atom is 0.246 e. The molecule has 2 N–H and O–H groups in total. The SMILES string of the molecule is C[C@@H]1[C@@H](N)C(=O)N1c1ccc(Cl)cc1. The molecule has 0 radical (unpaired) electrons. The molecule has 1 heterocycles. The van der Waals surface area contributed by atoms with Gasteiger partial charge in [0.05, 0.1) is 6.04 Å². The standard InChI is InChI=1S/C10H11ClN2O/c1-6-9(12)10(14)13(6)8-4-2-7(11)3-5-8/h2-6,9H,12H2,1H3/t6-,9-/m1/s1.